The number of carbonyl (C=O) groups is 1. The minimum Gasteiger partial charge on any atom is -0.350 e. The highest BCUT2D eigenvalue weighted by atomic mass is 35.5. The highest BCUT2D eigenvalue weighted by Gasteiger charge is 2.23. The highest BCUT2D eigenvalue weighted by Crippen LogP contribution is 2.25. The van der Waals surface area contributed by atoms with Crippen molar-refractivity contribution in [3.8, 4) is 5.69 Å². The Morgan fingerprint density at radius 2 is 1.77 bits per heavy atom. The standard InChI is InChI=1S/C24H23ClN4O2/c1-15-13-21(30)28(17(3)23(31)26-14-18-9-11-19(25)12-10-18)24-22(15)16(2)27-29(24)20-7-5-4-6-8-20/h4-13,17H,14H2,1-3H3,(H,26,31). The van der Waals surface area contributed by atoms with Gasteiger partial charge in [-0.15, -0.1) is 0 Å². The van der Waals surface area contributed by atoms with Crippen LogP contribution in [0.5, 0.6) is 0 Å². The molecule has 1 unspecified atom stereocenters. The summed E-state index contributed by atoms with van der Waals surface area (Å²) in [6.07, 6.45) is 0. The van der Waals surface area contributed by atoms with E-state index in [4.69, 9.17) is 11.6 Å². The van der Waals surface area contributed by atoms with Crippen LogP contribution in [0.1, 0.15) is 29.8 Å². The molecule has 0 saturated carbocycles. The number of fused-ring (bicyclic) bond motifs is 1. The van der Waals surface area contributed by atoms with E-state index < -0.39 is 6.04 Å². The molecule has 0 spiro atoms. The summed E-state index contributed by atoms with van der Waals surface area (Å²) in [6, 6.07) is 17.7. The molecule has 158 valence electrons. The largest absolute Gasteiger partial charge is 0.350 e. The van der Waals surface area contributed by atoms with Crippen molar-refractivity contribution >= 4 is 28.5 Å². The van der Waals surface area contributed by atoms with Crippen molar-refractivity contribution in [3.05, 3.63) is 92.9 Å². The van der Waals surface area contributed by atoms with Crippen LogP contribution in [0.3, 0.4) is 0 Å². The predicted octanol–water partition coefficient (Wildman–Crippen LogP) is 4.33. The Hall–Kier alpha value is -3.38. The minimum absolute atomic E-state index is 0.240. The lowest BCUT2D eigenvalue weighted by molar-refractivity contribution is -0.124. The van der Waals surface area contributed by atoms with Gasteiger partial charge in [0, 0.05) is 23.0 Å². The molecule has 1 N–H and O–H groups in total. The number of nitrogens with zero attached hydrogens (tertiary/aromatic N) is 3. The van der Waals surface area contributed by atoms with Crippen LogP contribution in [0.15, 0.2) is 65.5 Å². The molecule has 0 radical (unpaired) electrons. The van der Waals surface area contributed by atoms with E-state index in [9.17, 15) is 9.59 Å². The monoisotopic (exact) mass is 434 g/mol. The zero-order valence-corrected chi connectivity index (χ0v) is 18.3. The van der Waals surface area contributed by atoms with Gasteiger partial charge < -0.3 is 5.32 Å². The Morgan fingerprint density at radius 3 is 2.45 bits per heavy atom. The van der Waals surface area contributed by atoms with Crippen molar-refractivity contribution in [3.63, 3.8) is 0 Å². The van der Waals surface area contributed by atoms with Gasteiger partial charge in [-0.2, -0.15) is 5.10 Å². The van der Waals surface area contributed by atoms with Crippen LogP contribution < -0.4 is 10.9 Å². The molecule has 0 fully saturated rings. The quantitative estimate of drug-likeness (QED) is 0.508. The second-order valence-corrected chi connectivity index (χ2v) is 8.02. The molecule has 31 heavy (non-hydrogen) atoms. The number of aryl methyl sites for hydroxylation is 2. The zero-order valence-electron chi connectivity index (χ0n) is 17.6. The molecule has 0 saturated heterocycles. The van der Waals surface area contributed by atoms with Gasteiger partial charge >= 0.3 is 0 Å². The van der Waals surface area contributed by atoms with Crippen LogP contribution in [0, 0.1) is 13.8 Å². The van der Waals surface area contributed by atoms with Crippen LogP contribution >= 0.6 is 11.6 Å². The molecule has 0 bridgehead atoms. The minimum atomic E-state index is -0.721. The van der Waals surface area contributed by atoms with Crippen molar-refractivity contribution in [2.24, 2.45) is 0 Å². The normalized spacial score (nSPS) is 12.1. The second-order valence-electron chi connectivity index (χ2n) is 7.59. The van der Waals surface area contributed by atoms with E-state index in [1.807, 2.05) is 56.3 Å². The Morgan fingerprint density at radius 1 is 1.10 bits per heavy atom. The lowest BCUT2D eigenvalue weighted by Gasteiger charge is -2.18. The van der Waals surface area contributed by atoms with Gasteiger partial charge in [-0.3, -0.25) is 14.2 Å². The van der Waals surface area contributed by atoms with Crippen molar-refractivity contribution in [1.82, 2.24) is 19.7 Å². The average Bonchev–Trinajstić information content (AvgIpc) is 3.11. The summed E-state index contributed by atoms with van der Waals surface area (Å²) in [7, 11) is 0. The fourth-order valence-corrected chi connectivity index (χ4v) is 3.94. The number of benzene rings is 2. The SMILES string of the molecule is Cc1cc(=O)n(C(C)C(=O)NCc2ccc(Cl)cc2)c2c1c(C)nn2-c1ccccc1. The molecular weight excluding hydrogens is 412 g/mol. The molecule has 2 aromatic heterocycles. The molecule has 6 nitrogen and oxygen atoms in total. The number of para-hydroxylation sites is 1. The molecule has 1 atom stereocenters. The Balaban J connectivity index is 1.76. The van der Waals surface area contributed by atoms with Crippen LogP contribution in [0.2, 0.25) is 5.02 Å². The number of nitrogens with one attached hydrogen (secondary N) is 1. The van der Waals surface area contributed by atoms with Crippen molar-refractivity contribution < 1.29 is 4.79 Å². The second kappa shape index (κ2) is 8.40. The molecule has 4 aromatic rings. The maximum Gasteiger partial charge on any atom is 0.253 e. The van der Waals surface area contributed by atoms with Gasteiger partial charge in [0.05, 0.1) is 11.4 Å². The first kappa shape index (κ1) is 20.9. The molecule has 7 heteroatoms. The third-order valence-corrected chi connectivity index (χ3v) is 5.64. The predicted molar refractivity (Wildman–Crippen MR) is 123 cm³/mol. The van der Waals surface area contributed by atoms with Gasteiger partial charge in [-0.1, -0.05) is 41.9 Å². The molecule has 0 aliphatic heterocycles. The first-order valence-corrected chi connectivity index (χ1v) is 10.4. The van der Waals surface area contributed by atoms with Gasteiger partial charge in [-0.05, 0) is 56.2 Å². The molecule has 2 aromatic carbocycles. The van der Waals surface area contributed by atoms with E-state index in [1.165, 1.54) is 4.57 Å². The topological polar surface area (TPSA) is 68.9 Å². The summed E-state index contributed by atoms with van der Waals surface area (Å²) >= 11 is 5.92. The fraction of sp³-hybridized carbons (Fsp3) is 0.208. The van der Waals surface area contributed by atoms with E-state index >= 15 is 0 Å². The molecule has 2 heterocycles. The number of aromatic nitrogens is 3. The van der Waals surface area contributed by atoms with Gasteiger partial charge in [0.15, 0.2) is 0 Å². The number of hydrogen-bond donors (Lipinski definition) is 1. The van der Waals surface area contributed by atoms with Gasteiger partial charge in [-0.25, -0.2) is 4.68 Å². The van der Waals surface area contributed by atoms with Gasteiger partial charge in [0.25, 0.3) is 5.56 Å². The Bertz CT molecular complexity index is 1310. The van der Waals surface area contributed by atoms with E-state index in [0.717, 1.165) is 27.9 Å². The highest BCUT2D eigenvalue weighted by molar-refractivity contribution is 6.30. The molecule has 4 rings (SSSR count). The molecule has 1 amide bonds. The third-order valence-electron chi connectivity index (χ3n) is 5.38. The van der Waals surface area contributed by atoms with Gasteiger partial charge in [0.2, 0.25) is 5.91 Å². The van der Waals surface area contributed by atoms with Crippen molar-refractivity contribution in [1.29, 1.82) is 0 Å². The summed E-state index contributed by atoms with van der Waals surface area (Å²) in [5, 5.41) is 9.11. The third kappa shape index (κ3) is 3.99. The maximum absolute atomic E-state index is 13.0. The molecule has 0 aliphatic rings. The number of rotatable bonds is 5. The summed E-state index contributed by atoms with van der Waals surface area (Å²) in [5.74, 6) is -0.249. The number of halogens is 1. The first-order chi connectivity index (χ1) is 14.9. The number of hydrogen-bond acceptors (Lipinski definition) is 3. The summed E-state index contributed by atoms with van der Waals surface area (Å²) < 4.78 is 3.26. The van der Waals surface area contributed by atoms with E-state index in [2.05, 4.69) is 10.4 Å². The van der Waals surface area contributed by atoms with Crippen LogP contribution in [-0.2, 0) is 11.3 Å². The summed E-state index contributed by atoms with van der Waals surface area (Å²) in [6.45, 7) is 5.88. The molecule has 0 aliphatic carbocycles. The van der Waals surface area contributed by atoms with Crippen LogP contribution in [-0.4, -0.2) is 20.3 Å². The lowest BCUT2D eigenvalue weighted by Crippen LogP contribution is -2.36. The first-order valence-electron chi connectivity index (χ1n) is 10.1. The lowest BCUT2D eigenvalue weighted by atomic mass is 10.1. The smallest absolute Gasteiger partial charge is 0.253 e. The zero-order chi connectivity index (χ0) is 22.1. The van der Waals surface area contributed by atoms with Gasteiger partial charge in [0.1, 0.15) is 11.7 Å². The van der Waals surface area contributed by atoms with Crippen molar-refractivity contribution in [2.45, 2.75) is 33.4 Å². The Labute approximate surface area is 185 Å². The van der Waals surface area contributed by atoms with E-state index in [0.29, 0.717) is 17.2 Å². The van der Waals surface area contributed by atoms with Crippen LogP contribution in [0.25, 0.3) is 16.7 Å². The maximum atomic E-state index is 13.0. The van der Waals surface area contributed by atoms with Crippen LogP contribution in [0.4, 0.5) is 0 Å². The summed E-state index contributed by atoms with van der Waals surface area (Å²) in [4.78, 5) is 26.0. The fourth-order valence-electron chi connectivity index (χ4n) is 3.81. The number of carbonyl (C=O) groups excluding carboxylic acids is 1. The average molecular weight is 435 g/mol. The number of amides is 1. The van der Waals surface area contributed by atoms with E-state index in [1.54, 1.807) is 29.8 Å². The number of pyridine rings is 1. The summed E-state index contributed by atoms with van der Waals surface area (Å²) in [5.41, 5.74) is 3.77. The Kier molecular flexibility index (Phi) is 5.65. The van der Waals surface area contributed by atoms with Crippen molar-refractivity contribution in [2.75, 3.05) is 0 Å². The van der Waals surface area contributed by atoms with E-state index in [-0.39, 0.29) is 11.5 Å². The molecular formula is C24H23ClN4O2.